The summed E-state index contributed by atoms with van der Waals surface area (Å²) in [5.74, 6) is 1.57. The monoisotopic (exact) mass is 182 g/mol. The normalized spacial score (nSPS) is 22.1. The van der Waals surface area contributed by atoms with Crippen LogP contribution in [0.15, 0.2) is 50.8 Å². The van der Waals surface area contributed by atoms with E-state index < -0.39 is 0 Å². The van der Waals surface area contributed by atoms with Crippen LogP contribution in [0.3, 0.4) is 0 Å². The van der Waals surface area contributed by atoms with Gasteiger partial charge in [0.2, 0.25) is 5.96 Å². The Balaban J connectivity index is 2.23. The molecule has 3 aliphatic heterocycles. The molecule has 0 aromatic heterocycles. The molecule has 66 valence electrons. The number of hydrogen-bond acceptors (Lipinski definition) is 4. The van der Waals surface area contributed by atoms with Crippen molar-refractivity contribution in [3.8, 4) is 0 Å². The SMILES string of the molecule is BC1=NC2=NC=NC3=CC=CC(=C1)N32. The Labute approximate surface area is 82.2 Å². The molecule has 0 fully saturated rings. The fourth-order valence-corrected chi connectivity index (χ4v) is 1.63. The van der Waals surface area contributed by atoms with Crippen molar-refractivity contribution < 1.29 is 0 Å². The lowest BCUT2D eigenvalue weighted by Gasteiger charge is -2.30. The Morgan fingerprint density at radius 2 is 2.29 bits per heavy atom. The van der Waals surface area contributed by atoms with Crippen LogP contribution in [-0.4, -0.2) is 30.7 Å². The van der Waals surface area contributed by atoms with E-state index in [1.165, 1.54) is 6.34 Å². The van der Waals surface area contributed by atoms with Crippen molar-refractivity contribution in [2.24, 2.45) is 15.0 Å². The van der Waals surface area contributed by atoms with Gasteiger partial charge in [0.1, 0.15) is 12.2 Å². The first-order chi connectivity index (χ1) is 6.84. The molecule has 0 N–H and O–H groups in total. The highest BCUT2D eigenvalue weighted by molar-refractivity contribution is 6.64. The summed E-state index contributed by atoms with van der Waals surface area (Å²) in [6, 6.07) is 0. The molecule has 0 saturated heterocycles. The maximum absolute atomic E-state index is 4.34. The highest BCUT2D eigenvalue weighted by Crippen LogP contribution is 2.25. The van der Waals surface area contributed by atoms with E-state index in [0.29, 0.717) is 5.96 Å². The lowest BCUT2D eigenvalue weighted by atomic mass is 9.98. The Morgan fingerprint density at radius 3 is 3.21 bits per heavy atom. The van der Waals surface area contributed by atoms with Crippen LogP contribution >= 0.6 is 0 Å². The standard InChI is InChI=1S/C9H7BN4/c10-7-4-6-2-1-3-8-11-5-12-9(13-7)14(6)8/h1-5H,10H2. The summed E-state index contributed by atoms with van der Waals surface area (Å²) in [7, 11) is 1.96. The summed E-state index contributed by atoms with van der Waals surface area (Å²) in [5, 5.41) is 0. The Bertz CT molecular complexity index is 477. The van der Waals surface area contributed by atoms with Gasteiger partial charge in [-0.2, -0.15) is 0 Å². The van der Waals surface area contributed by atoms with E-state index in [9.17, 15) is 0 Å². The van der Waals surface area contributed by atoms with Gasteiger partial charge in [0.05, 0.1) is 5.70 Å². The molecule has 0 spiro atoms. The number of guanidine groups is 1. The van der Waals surface area contributed by atoms with E-state index in [2.05, 4.69) is 15.0 Å². The summed E-state index contributed by atoms with van der Waals surface area (Å²) < 4.78 is 0. The molecule has 0 atom stereocenters. The highest BCUT2D eigenvalue weighted by atomic mass is 15.4. The third kappa shape index (κ3) is 0.922. The number of nitrogens with zero attached hydrogens (tertiary/aromatic N) is 4. The molecule has 0 bridgehead atoms. The van der Waals surface area contributed by atoms with E-state index in [0.717, 1.165) is 17.1 Å². The maximum Gasteiger partial charge on any atom is 0.236 e. The summed E-state index contributed by atoms with van der Waals surface area (Å²) >= 11 is 0. The van der Waals surface area contributed by atoms with Gasteiger partial charge < -0.3 is 0 Å². The van der Waals surface area contributed by atoms with Crippen molar-refractivity contribution in [1.29, 1.82) is 0 Å². The number of rotatable bonds is 0. The van der Waals surface area contributed by atoms with Crippen LogP contribution in [0.25, 0.3) is 0 Å². The first-order valence-corrected chi connectivity index (χ1v) is 4.40. The average Bonchev–Trinajstić information content (AvgIpc) is 2.18. The molecular weight excluding hydrogens is 175 g/mol. The van der Waals surface area contributed by atoms with Gasteiger partial charge >= 0.3 is 0 Å². The van der Waals surface area contributed by atoms with Crippen molar-refractivity contribution in [3.05, 3.63) is 35.8 Å². The second-order valence-corrected chi connectivity index (χ2v) is 3.22. The Hall–Kier alpha value is -1.91. The fraction of sp³-hybridized carbons (Fsp3) is 0. The fourth-order valence-electron chi connectivity index (χ4n) is 1.63. The molecule has 0 aromatic rings. The quantitative estimate of drug-likeness (QED) is 0.487. The van der Waals surface area contributed by atoms with Crippen molar-refractivity contribution in [2.75, 3.05) is 0 Å². The van der Waals surface area contributed by atoms with Crippen LogP contribution in [0.5, 0.6) is 0 Å². The molecule has 0 aliphatic carbocycles. The second kappa shape index (κ2) is 2.54. The zero-order chi connectivity index (χ0) is 9.54. The van der Waals surface area contributed by atoms with Crippen LogP contribution in [0.1, 0.15) is 0 Å². The van der Waals surface area contributed by atoms with Gasteiger partial charge in [0, 0.05) is 5.61 Å². The Kier molecular flexibility index (Phi) is 1.36. The minimum Gasteiger partial charge on any atom is -0.263 e. The minimum atomic E-state index is 0.700. The minimum absolute atomic E-state index is 0.700. The lowest BCUT2D eigenvalue weighted by molar-refractivity contribution is 0.619. The van der Waals surface area contributed by atoms with E-state index in [4.69, 9.17) is 0 Å². The van der Waals surface area contributed by atoms with Gasteiger partial charge in [-0.15, -0.1) is 0 Å². The lowest BCUT2D eigenvalue weighted by Crippen LogP contribution is -2.34. The van der Waals surface area contributed by atoms with Crippen LogP contribution in [-0.2, 0) is 0 Å². The first-order valence-electron chi connectivity index (χ1n) is 4.40. The molecule has 3 rings (SSSR count). The molecule has 4 nitrogen and oxygen atoms in total. The van der Waals surface area contributed by atoms with Crippen LogP contribution in [0, 0.1) is 0 Å². The topological polar surface area (TPSA) is 40.3 Å². The van der Waals surface area contributed by atoms with Gasteiger partial charge in [-0.1, -0.05) is 6.08 Å². The highest BCUT2D eigenvalue weighted by Gasteiger charge is 2.25. The van der Waals surface area contributed by atoms with Crippen LogP contribution in [0.4, 0.5) is 0 Å². The molecule has 5 heteroatoms. The van der Waals surface area contributed by atoms with Gasteiger partial charge in [0.15, 0.2) is 7.85 Å². The molecule has 14 heavy (non-hydrogen) atoms. The molecule has 0 aromatic carbocycles. The number of hydrogen-bond donors (Lipinski definition) is 0. The predicted molar refractivity (Wildman–Crippen MR) is 59.1 cm³/mol. The van der Waals surface area contributed by atoms with Crippen LogP contribution in [0.2, 0.25) is 0 Å². The van der Waals surface area contributed by atoms with Crippen LogP contribution < -0.4 is 0 Å². The van der Waals surface area contributed by atoms with Crippen molar-refractivity contribution in [3.63, 3.8) is 0 Å². The molecule has 0 unspecified atom stereocenters. The molecule has 0 saturated carbocycles. The van der Waals surface area contributed by atoms with E-state index >= 15 is 0 Å². The predicted octanol–water partition coefficient (Wildman–Crippen LogP) is 0.0266. The van der Waals surface area contributed by atoms with Gasteiger partial charge in [-0.25, -0.2) is 15.0 Å². The molecule has 0 amide bonds. The van der Waals surface area contributed by atoms with Crippen molar-refractivity contribution in [2.45, 2.75) is 0 Å². The van der Waals surface area contributed by atoms with Crippen molar-refractivity contribution >= 4 is 25.8 Å². The number of aliphatic imine (C=N–C) groups is 3. The number of allylic oxidation sites excluding steroid dienone is 4. The third-order valence-electron chi connectivity index (χ3n) is 2.20. The molecule has 3 aliphatic rings. The third-order valence-corrected chi connectivity index (χ3v) is 2.20. The van der Waals surface area contributed by atoms with E-state index in [1.54, 1.807) is 0 Å². The molecule has 3 heterocycles. The zero-order valence-corrected chi connectivity index (χ0v) is 7.68. The summed E-state index contributed by atoms with van der Waals surface area (Å²) in [6.07, 6.45) is 9.51. The Morgan fingerprint density at radius 1 is 1.36 bits per heavy atom. The van der Waals surface area contributed by atoms with E-state index in [1.807, 2.05) is 37.1 Å². The maximum atomic E-state index is 4.34. The molecular formula is C9H7BN4. The van der Waals surface area contributed by atoms with Gasteiger partial charge in [0.25, 0.3) is 0 Å². The first kappa shape index (κ1) is 7.49. The van der Waals surface area contributed by atoms with Gasteiger partial charge in [-0.05, 0) is 18.2 Å². The smallest absolute Gasteiger partial charge is 0.236 e. The summed E-state index contributed by atoms with van der Waals surface area (Å²) in [5.41, 5.74) is 2.04. The van der Waals surface area contributed by atoms with E-state index in [-0.39, 0.29) is 0 Å². The average molecular weight is 182 g/mol. The largest absolute Gasteiger partial charge is 0.263 e. The van der Waals surface area contributed by atoms with Crippen molar-refractivity contribution in [1.82, 2.24) is 4.90 Å². The summed E-state index contributed by atoms with van der Waals surface area (Å²) in [4.78, 5) is 14.6. The zero-order valence-electron chi connectivity index (χ0n) is 7.68. The summed E-state index contributed by atoms with van der Waals surface area (Å²) in [6.45, 7) is 0. The van der Waals surface area contributed by atoms with Gasteiger partial charge in [-0.3, -0.25) is 4.90 Å². The molecule has 0 radical (unpaired) electrons. The second-order valence-electron chi connectivity index (χ2n) is 3.22.